The first-order chi connectivity index (χ1) is 8.09. The van der Waals surface area contributed by atoms with Crippen LogP contribution < -0.4 is 22.3 Å². The molecule has 2 rings (SSSR count). The first-order valence-electron chi connectivity index (χ1n) is 4.80. The maximum atomic E-state index is 11.5. The molecule has 0 atom stereocenters. The van der Waals surface area contributed by atoms with Crippen LogP contribution in [-0.2, 0) is 13.6 Å². The molecule has 0 fully saturated rings. The Morgan fingerprint density at radius 1 is 1.59 bits per heavy atom. The van der Waals surface area contributed by atoms with Gasteiger partial charge in [-0.25, -0.2) is 9.78 Å². The molecule has 0 spiro atoms. The van der Waals surface area contributed by atoms with Gasteiger partial charge in [0.15, 0.2) is 0 Å². The zero-order valence-electron chi connectivity index (χ0n) is 9.06. The van der Waals surface area contributed by atoms with Crippen molar-refractivity contribution in [1.82, 2.24) is 14.5 Å². The second kappa shape index (κ2) is 4.42. The van der Waals surface area contributed by atoms with Crippen molar-refractivity contribution in [3.63, 3.8) is 0 Å². The van der Waals surface area contributed by atoms with Gasteiger partial charge in [0.1, 0.15) is 16.5 Å². The molecule has 0 aliphatic carbocycles. The van der Waals surface area contributed by atoms with E-state index in [1.807, 2.05) is 5.38 Å². The number of aromatic nitrogens is 3. The lowest BCUT2D eigenvalue weighted by Gasteiger charge is -2.09. The summed E-state index contributed by atoms with van der Waals surface area (Å²) in [6, 6.07) is 0. The molecule has 0 unspecified atom stereocenters. The molecule has 0 aliphatic heterocycles. The quantitative estimate of drug-likeness (QED) is 0.698. The molecule has 0 radical (unpaired) electrons. The molecule has 90 valence electrons. The van der Waals surface area contributed by atoms with Crippen molar-refractivity contribution >= 4 is 22.8 Å². The minimum atomic E-state index is -0.535. The highest BCUT2D eigenvalue weighted by molar-refractivity contribution is 7.09. The van der Waals surface area contributed by atoms with Crippen molar-refractivity contribution in [2.45, 2.75) is 6.54 Å². The van der Waals surface area contributed by atoms with Gasteiger partial charge in [-0.05, 0) is 0 Å². The molecule has 2 aromatic rings. The smallest absolute Gasteiger partial charge is 0.329 e. The van der Waals surface area contributed by atoms with E-state index < -0.39 is 11.2 Å². The van der Waals surface area contributed by atoms with E-state index in [0.717, 1.165) is 5.01 Å². The Balaban J connectivity index is 2.30. The minimum Gasteiger partial charge on any atom is -0.383 e. The highest BCUT2D eigenvalue weighted by atomic mass is 32.1. The van der Waals surface area contributed by atoms with Crippen LogP contribution in [0.1, 0.15) is 5.01 Å². The molecule has 0 saturated carbocycles. The molecule has 4 N–H and O–H groups in total. The number of H-pyrrole nitrogens is 1. The first kappa shape index (κ1) is 11.4. The third kappa shape index (κ3) is 2.21. The molecular weight excluding hydrogens is 242 g/mol. The Kier molecular flexibility index (Phi) is 2.96. The van der Waals surface area contributed by atoms with Crippen LogP contribution >= 0.6 is 11.3 Å². The minimum absolute atomic E-state index is 0.107. The van der Waals surface area contributed by atoms with Crippen LogP contribution in [-0.4, -0.2) is 14.5 Å². The van der Waals surface area contributed by atoms with Gasteiger partial charge in [0, 0.05) is 18.6 Å². The lowest BCUT2D eigenvalue weighted by atomic mass is 10.4. The van der Waals surface area contributed by atoms with E-state index in [9.17, 15) is 9.59 Å². The number of nitrogens with one attached hydrogen (secondary N) is 2. The zero-order valence-corrected chi connectivity index (χ0v) is 9.87. The van der Waals surface area contributed by atoms with E-state index in [2.05, 4.69) is 15.3 Å². The van der Waals surface area contributed by atoms with E-state index in [1.54, 1.807) is 6.20 Å². The summed E-state index contributed by atoms with van der Waals surface area (Å²) in [5.74, 6) is 0.107. The van der Waals surface area contributed by atoms with Gasteiger partial charge in [-0.15, -0.1) is 11.3 Å². The largest absolute Gasteiger partial charge is 0.383 e. The third-order valence-electron chi connectivity index (χ3n) is 2.27. The molecular formula is C9H11N5O2S. The van der Waals surface area contributed by atoms with Crippen LogP contribution in [0.15, 0.2) is 21.2 Å². The number of hydrogen-bond acceptors (Lipinski definition) is 6. The molecule has 8 heteroatoms. The van der Waals surface area contributed by atoms with E-state index in [1.165, 1.54) is 23.0 Å². The molecule has 0 amide bonds. The highest BCUT2D eigenvalue weighted by Gasteiger charge is 2.09. The van der Waals surface area contributed by atoms with E-state index in [-0.39, 0.29) is 11.5 Å². The van der Waals surface area contributed by atoms with E-state index in [4.69, 9.17) is 5.73 Å². The predicted octanol–water partition coefficient (Wildman–Crippen LogP) is -0.276. The molecule has 0 bridgehead atoms. The van der Waals surface area contributed by atoms with Gasteiger partial charge in [-0.2, -0.15) is 0 Å². The second-order valence-electron chi connectivity index (χ2n) is 3.36. The van der Waals surface area contributed by atoms with Crippen LogP contribution in [0.3, 0.4) is 0 Å². The van der Waals surface area contributed by atoms with Gasteiger partial charge in [0.25, 0.3) is 5.56 Å². The lowest BCUT2D eigenvalue weighted by molar-refractivity contribution is 0.812. The van der Waals surface area contributed by atoms with Crippen molar-refractivity contribution < 1.29 is 0 Å². The number of hydrogen-bond donors (Lipinski definition) is 3. The SMILES string of the molecule is Cn1c(N)c(NCc2nccs2)c(=O)[nH]c1=O. The summed E-state index contributed by atoms with van der Waals surface area (Å²) in [6.07, 6.45) is 1.68. The van der Waals surface area contributed by atoms with Gasteiger partial charge in [-0.1, -0.05) is 0 Å². The van der Waals surface area contributed by atoms with E-state index in [0.29, 0.717) is 6.54 Å². The molecule has 7 nitrogen and oxygen atoms in total. The zero-order chi connectivity index (χ0) is 12.4. The number of thiazole rings is 1. The second-order valence-corrected chi connectivity index (χ2v) is 4.34. The first-order valence-corrected chi connectivity index (χ1v) is 5.68. The monoisotopic (exact) mass is 253 g/mol. The van der Waals surface area contributed by atoms with Crippen molar-refractivity contribution in [3.05, 3.63) is 37.4 Å². The fraction of sp³-hybridized carbons (Fsp3) is 0.222. The fourth-order valence-electron chi connectivity index (χ4n) is 1.31. The Labute approximate surface area is 99.9 Å². The van der Waals surface area contributed by atoms with Gasteiger partial charge in [0.2, 0.25) is 0 Å². The van der Waals surface area contributed by atoms with Gasteiger partial charge < -0.3 is 11.1 Å². The molecule has 0 saturated heterocycles. The van der Waals surface area contributed by atoms with Gasteiger partial charge in [-0.3, -0.25) is 14.3 Å². The Hall–Kier alpha value is -2.09. The van der Waals surface area contributed by atoms with Gasteiger partial charge in [0.05, 0.1) is 6.54 Å². The third-order valence-corrected chi connectivity index (χ3v) is 3.05. The number of nitrogens with two attached hydrogens (primary N) is 1. The number of anilines is 2. The van der Waals surface area contributed by atoms with Gasteiger partial charge >= 0.3 is 5.69 Å². The summed E-state index contributed by atoms with van der Waals surface area (Å²) < 4.78 is 1.17. The summed E-state index contributed by atoms with van der Waals surface area (Å²) >= 11 is 1.47. The number of rotatable bonds is 3. The predicted molar refractivity (Wildman–Crippen MR) is 66.2 cm³/mol. The molecule has 0 aliphatic rings. The molecule has 2 heterocycles. The molecule has 2 aromatic heterocycles. The summed E-state index contributed by atoms with van der Waals surface area (Å²) in [6.45, 7) is 0.392. The van der Waals surface area contributed by atoms with Crippen molar-refractivity contribution in [2.75, 3.05) is 11.1 Å². The lowest BCUT2D eigenvalue weighted by Crippen LogP contribution is -2.32. The van der Waals surface area contributed by atoms with Crippen LogP contribution in [0.25, 0.3) is 0 Å². The van der Waals surface area contributed by atoms with Crippen LogP contribution in [0.2, 0.25) is 0 Å². The Bertz CT molecular complexity index is 628. The number of aromatic amines is 1. The van der Waals surface area contributed by atoms with Crippen molar-refractivity contribution in [2.24, 2.45) is 7.05 Å². The molecule has 0 aromatic carbocycles. The maximum absolute atomic E-state index is 11.5. The standard InChI is InChI=1S/C9H11N5O2S/c1-14-7(10)6(8(15)13-9(14)16)12-4-5-11-2-3-17-5/h2-3,12H,4,10H2,1H3,(H,13,15,16). The summed E-state index contributed by atoms with van der Waals surface area (Å²) in [5.41, 5.74) is 4.81. The summed E-state index contributed by atoms with van der Waals surface area (Å²) in [7, 11) is 1.49. The Morgan fingerprint density at radius 3 is 3.00 bits per heavy atom. The molecule has 17 heavy (non-hydrogen) atoms. The van der Waals surface area contributed by atoms with E-state index >= 15 is 0 Å². The fourth-order valence-corrected chi connectivity index (χ4v) is 1.87. The summed E-state index contributed by atoms with van der Waals surface area (Å²) in [5, 5.41) is 5.54. The highest BCUT2D eigenvalue weighted by Crippen LogP contribution is 2.11. The van der Waals surface area contributed by atoms with Crippen molar-refractivity contribution in [1.29, 1.82) is 0 Å². The Morgan fingerprint density at radius 2 is 2.35 bits per heavy atom. The van der Waals surface area contributed by atoms with Crippen LogP contribution in [0, 0.1) is 0 Å². The summed E-state index contributed by atoms with van der Waals surface area (Å²) in [4.78, 5) is 29.0. The van der Waals surface area contributed by atoms with Crippen LogP contribution in [0.4, 0.5) is 11.5 Å². The van der Waals surface area contributed by atoms with Crippen molar-refractivity contribution in [3.8, 4) is 0 Å². The normalized spacial score (nSPS) is 10.4. The maximum Gasteiger partial charge on any atom is 0.329 e. The van der Waals surface area contributed by atoms with Crippen LogP contribution in [0.5, 0.6) is 0 Å². The number of nitrogens with zero attached hydrogens (tertiary/aromatic N) is 2. The average molecular weight is 253 g/mol. The number of nitrogen functional groups attached to an aromatic ring is 1. The topological polar surface area (TPSA) is 106 Å². The average Bonchev–Trinajstić information content (AvgIpc) is 2.79.